The lowest BCUT2D eigenvalue weighted by molar-refractivity contribution is -0.137. The minimum absolute atomic E-state index is 0. The van der Waals surface area contributed by atoms with E-state index in [1.165, 1.54) is 0 Å². The molecule has 4 heteroatoms. The SMILES string of the molecule is C[C@@H](CC(=O)O)N(c1ccccc1)c1ccccc1.Cl. The van der Waals surface area contributed by atoms with E-state index in [-0.39, 0.29) is 24.9 Å². The van der Waals surface area contributed by atoms with Crippen LogP contribution in [0.2, 0.25) is 0 Å². The van der Waals surface area contributed by atoms with Crippen molar-refractivity contribution in [3.63, 3.8) is 0 Å². The van der Waals surface area contributed by atoms with Crippen molar-refractivity contribution in [3.8, 4) is 0 Å². The second kappa shape index (κ2) is 7.56. The second-order valence-electron chi connectivity index (χ2n) is 4.49. The molecule has 0 aliphatic heterocycles. The lowest BCUT2D eigenvalue weighted by atomic mass is 10.1. The number of carboxylic acids is 1. The number of hydrogen-bond donors (Lipinski definition) is 1. The molecule has 0 aliphatic rings. The first-order valence-electron chi connectivity index (χ1n) is 6.29. The van der Waals surface area contributed by atoms with Crippen LogP contribution in [-0.4, -0.2) is 17.1 Å². The molecular formula is C16H18ClNO2. The third-order valence-electron chi connectivity index (χ3n) is 2.98. The van der Waals surface area contributed by atoms with Crippen LogP contribution in [0, 0.1) is 0 Å². The minimum atomic E-state index is -0.788. The molecule has 1 N–H and O–H groups in total. The van der Waals surface area contributed by atoms with E-state index in [1.807, 2.05) is 72.5 Å². The van der Waals surface area contributed by atoms with Crippen LogP contribution >= 0.6 is 12.4 Å². The Hall–Kier alpha value is -2.00. The van der Waals surface area contributed by atoms with E-state index in [0.29, 0.717) is 0 Å². The third-order valence-corrected chi connectivity index (χ3v) is 2.98. The maximum Gasteiger partial charge on any atom is 0.305 e. The first-order chi connectivity index (χ1) is 9.18. The van der Waals surface area contributed by atoms with Gasteiger partial charge in [0.2, 0.25) is 0 Å². The Morgan fingerprint density at radius 3 is 1.75 bits per heavy atom. The third kappa shape index (κ3) is 4.00. The number of carbonyl (C=O) groups is 1. The number of nitrogens with zero attached hydrogens (tertiary/aromatic N) is 1. The van der Waals surface area contributed by atoms with Crippen molar-refractivity contribution >= 4 is 29.8 Å². The van der Waals surface area contributed by atoms with Gasteiger partial charge in [-0.15, -0.1) is 12.4 Å². The van der Waals surface area contributed by atoms with Crippen LogP contribution in [-0.2, 0) is 4.79 Å². The summed E-state index contributed by atoms with van der Waals surface area (Å²) in [5.41, 5.74) is 2.00. The van der Waals surface area contributed by atoms with Crippen molar-refractivity contribution in [1.29, 1.82) is 0 Å². The summed E-state index contributed by atoms with van der Waals surface area (Å²) in [6, 6.07) is 19.6. The maximum atomic E-state index is 11.0. The molecule has 0 bridgehead atoms. The van der Waals surface area contributed by atoms with Crippen LogP contribution in [0.4, 0.5) is 11.4 Å². The van der Waals surface area contributed by atoms with E-state index >= 15 is 0 Å². The molecule has 0 heterocycles. The summed E-state index contributed by atoms with van der Waals surface area (Å²) in [4.78, 5) is 13.0. The summed E-state index contributed by atoms with van der Waals surface area (Å²) in [6.45, 7) is 1.92. The van der Waals surface area contributed by atoms with Crippen LogP contribution in [0.25, 0.3) is 0 Å². The monoisotopic (exact) mass is 291 g/mol. The molecule has 2 aromatic rings. The molecular weight excluding hydrogens is 274 g/mol. The van der Waals surface area contributed by atoms with Crippen molar-refractivity contribution in [2.24, 2.45) is 0 Å². The Morgan fingerprint density at radius 1 is 1.00 bits per heavy atom. The highest BCUT2D eigenvalue weighted by molar-refractivity contribution is 5.85. The standard InChI is InChI=1S/C16H17NO2.ClH/c1-13(12-16(18)19)17(14-8-4-2-5-9-14)15-10-6-3-7-11-15;/h2-11,13H,12H2,1H3,(H,18,19);1H/t13-;/m0./s1. The quantitative estimate of drug-likeness (QED) is 0.901. The van der Waals surface area contributed by atoms with Gasteiger partial charge in [-0.2, -0.15) is 0 Å². The molecule has 2 rings (SSSR count). The van der Waals surface area contributed by atoms with E-state index < -0.39 is 5.97 Å². The number of rotatable bonds is 5. The second-order valence-corrected chi connectivity index (χ2v) is 4.49. The zero-order valence-electron chi connectivity index (χ0n) is 11.3. The van der Waals surface area contributed by atoms with Crippen LogP contribution in [0.3, 0.4) is 0 Å². The number of benzene rings is 2. The van der Waals surface area contributed by atoms with Crippen molar-refractivity contribution in [2.75, 3.05) is 4.90 Å². The number of hydrogen-bond acceptors (Lipinski definition) is 2. The van der Waals surface area contributed by atoms with Gasteiger partial charge >= 0.3 is 5.97 Å². The first-order valence-corrected chi connectivity index (χ1v) is 6.29. The number of aliphatic carboxylic acids is 1. The van der Waals surface area contributed by atoms with E-state index in [9.17, 15) is 4.79 Å². The molecule has 0 saturated carbocycles. The number of para-hydroxylation sites is 2. The van der Waals surface area contributed by atoms with Crippen LogP contribution in [0.1, 0.15) is 13.3 Å². The predicted octanol–water partition coefficient (Wildman–Crippen LogP) is 4.11. The van der Waals surface area contributed by atoms with Gasteiger partial charge in [0.15, 0.2) is 0 Å². The van der Waals surface area contributed by atoms with Crippen molar-refractivity contribution in [2.45, 2.75) is 19.4 Å². The van der Waals surface area contributed by atoms with Gasteiger partial charge in [0.25, 0.3) is 0 Å². The van der Waals surface area contributed by atoms with Crippen LogP contribution < -0.4 is 4.90 Å². The largest absolute Gasteiger partial charge is 0.481 e. The Kier molecular flexibility index (Phi) is 6.07. The van der Waals surface area contributed by atoms with Gasteiger partial charge in [-0.3, -0.25) is 4.79 Å². The molecule has 1 atom stereocenters. The lowest BCUT2D eigenvalue weighted by Gasteiger charge is -2.30. The molecule has 0 radical (unpaired) electrons. The van der Waals surface area contributed by atoms with E-state index in [1.54, 1.807) is 0 Å². The van der Waals surface area contributed by atoms with Gasteiger partial charge in [-0.25, -0.2) is 0 Å². The molecule has 2 aromatic carbocycles. The van der Waals surface area contributed by atoms with E-state index in [0.717, 1.165) is 11.4 Å². The summed E-state index contributed by atoms with van der Waals surface area (Å²) >= 11 is 0. The molecule has 0 amide bonds. The molecule has 3 nitrogen and oxygen atoms in total. The maximum absolute atomic E-state index is 11.0. The average molecular weight is 292 g/mol. The predicted molar refractivity (Wildman–Crippen MR) is 84.0 cm³/mol. The van der Waals surface area contributed by atoms with Gasteiger partial charge < -0.3 is 10.0 Å². The minimum Gasteiger partial charge on any atom is -0.481 e. The van der Waals surface area contributed by atoms with E-state index in [2.05, 4.69) is 0 Å². The summed E-state index contributed by atoms with van der Waals surface area (Å²) in [5, 5.41) is 9.00. The topological polar surface area (TPSA) is 40.5 Å². The van der Waals surface area contributed by atoms with Gasteiger partial charge in [-0.05, 0) is 31.2 Å². The molecule has 0 aliphatic carbocycles. The number of carboxylic acid groups (broad SMARTS) is 1. The summed E-state index contributed by atoms with van der Waals surface area (Å²) in [5.74, 6) is -0.788. The molecule has 20 heavy (non-hydrogen) atoms. The van der Waals surface area contributed by atoms with Gasteiger partial charge in [0.1, 0.15) is 0 Å². The lowest BCUT2D eigenvalue weighted by Crippen LogP contribution is -2.30. The van der Waals surface area contributed by atoms with Gasteiger partial charge in [-0.1, -0.05) is 36.4 Å². The Bertz CT molecular complexity index is 491. The van der Waals surface area contributed by atoms with Gasteiger partial charge in [0.05, 0.1) is 6.42 Å². The molecule has 0 aromatic heterocycles. The number of halogens is 1. The first kappa shape index (κ1) is 16.1. The molecule has 106 valence electrons. The Balaban J connectivity index is 0.00000200. The van der Waals surface area contributed by atoms with Crippen LogP contribution in [0.5, 0.6) is 0 Å². The summed E-state index contributed by atoms with van der Waals surface area (Å²) < 4.78 is 0. The average Bonchev–Trinajstić information content (AvgIpc) is 2.40. The van der Waals surface area contributed by atoms with Crippen molar-refractivity contribution < 1.29 is 9.90 Å². The zero-order valence-corrected chi connectivity index (χ0v) is 12.1. The summed E-state index contributed by atoms with van der Waals surface area (Å²) in [7, 11) is 0. The molecule has 0 saturated heterocycles. The molecule has 0 fully saturated rings. The Labute approximate surface area is 125 Å². The van der Waals surface area contributed by atoms with Gasteiger partial charge in [0, 0.05) is 17.4 Å². The Morgan fingerprint density at radius 2 is 1.40 bits per heavy atom. The highest BCUT2D eigenvalue weighted by Gasteiger charge is 2.18. The zero-order chi connectivity index (χ0) is 13.7. The fourth-order valence-corrected chi connectivity index (χ4v) is 2.18. The van der Waals surface area contributed by atoms with Crippen LogP contribution in [0.15, 0.2) is 60.7 Å². The highest BCUT2D eigenvalue weighted by Crippen LogP contribution is 2.28. The molecule has 0 unspecified atom stereocenters. The summed E-state index contributed by atoms with van der Waals surface area (Å²) in [6.07, 6.45) is 0.101. The smallest absolute Gasteiger partial charge is 0.305 e. The highest BCUT2D eigenvalue weighted by atomic mass is 35.5. The fourth-order valence-electron chi connectivity index (χ4n) is 2.18. The van der Waals surface area contributed by atoms with Crippen molar-refractivity contribution in [1.82, 2.24) is 0 Å². The van der Waals surface area contributed by atoms with E-state index in [4.69, 9.17) is 5.11 Å². The van der Waals surface area contributed by atoms with Crippen molar-refractivity contribution in [3.05, 3.63) is 60.7 Å². The normalized spacial score (nSPS) is 11.2. The molecule has 0 spiro atoms. The number of anilines is 2. The fraction of sp³-hybridized carbons (Fsp3) is 0.188.